The first-order chi connectivity index (χ1) is 7.81. The van der Waals surface area contributed by atoms with Crippen molar-refractivity contribution in [3.05, 3.63) is 0 Å². The summed E-state index contributed by atoms with van der Waals surface area (Å²) >= 11 is 0. The molecule has 0 bridgehead atoms. The summed E-state index contributed by atoms with van der Waals surface area (Å²) in [5, 5.41) is 24.0. The fourth-order valence-corrected chi connectivity index (χ4v) is 0.670. The topological polar surface area (TPSA) is 171 Å². The highest BCUT2D eigenvalue weighted by Gasteiger charge is 2.09. The maximum Gasteiger partial charge on any atom is 0.320 e. The van der Waals surface area contributed by atoms with Crippen LogP contribution in [-0.4, -0.2) is 45.9 Å². The van der Waals surface area contributed by atoms with Gasteiger partial charge in [-0.15, -0.1) is 0 Å². The zero-order chi connectivity index (χ0) is 13.8. The van der Waals surface area contributed by atoms with Gasteiger partial charge in [0.15, 0.2) is 0 Å². The van der Waals surface area contributed by atoms with E-state index >= 15 is 0 Å². The summed E-state index contributed by atoms with van der Waals surface area (Å²) in [5.74, 6) is -1.96. The van der Waals surface area contributed by atoms with Gasteiger partial charge in [0.2, 0.25) is 5.96 Å². The predicted molar refractivity (Wildman–Crippen MR) is 59.6 cm³/mol. The van der Waals surface area contributed by atoms with Crippen molar-refractivity contribution in [2.45, 2.75) is 25.8 Å². The van der Waals surface area contributed by atoms with Crippen LogP contribution < -0.4 is 16.9 Å². The molecule has 0 saturated heterocycles. The summed E-state index contributed by atoms with van der Waals surface area (Å²) in [5.41, 5.74) is 12.0. The van der Waals surface area contributed by atoms with Crippen molar-refractivity contribution in [2.75, 3.05) is 6.54 Å². The third kappa shape index (κ3) is 16.8. The van der Waals surface area contributed by atoms with Crippen LogP contribution in [0.1, 0.15) is 19.8 Å². The van der Waals surface area contributed by atoms with Gasteiger partial charge < -0.3 is 21.7 Å². The number of hydroxylamine groups is 1. The number of carboxylic acid groups (broad SMARTS) is 2. The number of carboxylic acids is 2. The molecule has 100 valence electrons. The number of nitrogens with zero attached hydrogens (tertiary/aromatic N) is 1. The van der Waals surface area contributed by atoms with Crippen LogP contribution in [-0.2, 0) is 9.59 Å². The highest BCUT2D eigenvalue weighted by atomic mass is 16.5. The summed E-state index contributed by atoms with van der Waals surface area (Å²) in [4.78, 5) is 22.9. The Bertz CT molecular complexity index is 265. The lowest BCUT2D eigenvalue weighted by molar-refractivity contribution is -0.138. The Labute approximate surface area is 98.1 Å². The number of aliphatic imine (C=N–C) groups is 1. The van der Waals surface area contributed by atoms with Gasteiger partial charge in [-0.2, -0.15) is 0 Å². The minimum absolute atomic E-state index is 0.0936. The smallest absolute Gasteiger partial charge is 0.320 e. The molecule has 1 atom stereocenters. The van der Waals surface area contributed by atoms with Crippen molar-refractivity contribution in [1.82, 2.24) is 5.48 Å². The Morgan fingerprint density at radius 2 is 1.88 bits per heavy atom. The molecule has 0 saturated carbocycles. The van der Waals surface area contributed by atoms with E-state index in [0.29, 0.717) is 19.4 Å². The normalized spacial score (nSPS) is 12.1. The van der Waals surface area contributed by atoms with Crippen molar-refractivity contribution in [1.29, 1.82) is 0 Å². The Balaban J connectivity index is 0. The van der Waals surface area contributed by atoms with E-state index in [9.17, 15) is 4.79 Å². The van der Waals surface area contributed by atoms with Crippen LogP contribution in [0.3, 0.4) is 0 Å². The number of carbonyl (C=O) groups is 2. The molecular weight excluding hydrogens is 232 g/mol. The van der Waals surface area contributed by atoms with Crippen LogP contribution in [0.4, 0.5) is 0 Å². The third-order valence-electron chi connectivity index (χ3n) is 1.39. The summed E-state index contributed by atoms with van der Waals surface area (Å²) in [6.07, 6.45) is 0.841. The Morgan fingerprint density at radius 1 is 1.41 bits per heavy atom. The molecule has 17 heavy (non-hydrogen) atoms. The average molecular weight is 250 g/mol. The molecule has 0 aliphatic rings. The highest BCUT2D eigenvalue weighted by Crippen LogP contribution is 1.94. The van der Waals surface area contributed by atoms with Gasteiger partial charge in [0.25, 0.3) is 5.97 Å². The van der Waals surface area contributed by atoms with E-state index in [1.165, 1.54) is 0 Å². The second-order valence-electron chi connectivity index (χ2n) is 2.98. The van der Waals surface area contributed by atoms with Gasteiger partial charge in [0, 0.05) is 13.5 Å². The molecule has 0 heterocycles. The van der Waals surface area contributed by atoms with Crippen LogP contribution in [0, 0.1) is 0 Å². The van der Waals surface area contributed by atoms with Crippen LogP contribution in [0.5, 0.6) is 0 Å². The van der Waals surface area contributed by atoms with Gasteiger partial charge >= 0.3 is 5.97 Å². The van der Waals surface area contributed by atoms with Crippen molar-refractivity contribution in [2.24, 2.45) is 16.5 Å². The van der Waals surface area contributed by atoms with Crippen molar-refractivity contribution < 1.29 is 25.0 Å². The Hall–Kier alpha value is -1.87. The molecule has 0 aromatic heterocycles. The predicted octanol–water partition coefficient (Wildman–Crippen LogP) is -1.44. The van der Waals surface area contributed by atoms with Crippen LogP contribution in [0.25, 0.3) is 0 Å². The summed E-state index contributed by atoms with van der Waals surface area (Å²) in [6.45, 7) is 1.42. The summed E-state index contributed by atoms with van der Waals surface area (Å²) in [7, 11) is 0. The Kier molecular flexibility index (Phi) is 11.0. The molecule has 0 aromatic carbocycles. The summed E-state index contributed by atoms with van der Waals surface area (Å²) < 4.78 is 0. The first kappa shape index (κ1) is 17.5. The van der Waals surface area contributed by atoms with Gasteiger partial charge in [-0.25, -0.2) is 5.48 Å². The number of rotatable bonds is 5. The van der Waals surface area contributed by atoms with E-state index in [4.69, 9.17) is 31.7 Å². The highest BCUT2D eigenvalue weighted by molar-refractivity contribution is 5.76. The lowest BCUT2D eigenvalue weighted by atomic mass is 10.2. The van der Waals surface area contributed by atoms with Gasteiger partial charge in [0.1, 0.15) is 6.04 Å². The number of nitrogens with one attached hydrogen (secondary N) is 1. The van der Waals surface area contributed by atoms with E-state index < -0.39 is 18.0 Å². The van der Waals surface area contributed by atoms with Crippen LogP contribution >= 0.6 is 0 Å². The van der Waals surface area contributed by atoms with E-state index in [0.717, 1.165) is 6.92 Å². The Morgan fingerprint density at radius 3 is 2.24 bits per heavy atom. The second-order valence-corrected chi connectivity index (χ2v) is 2.98. The minimum atomic E-state index is -1.03. The molecule has 0 spiro atoms. The standard InChI is InChI=1S/C6H14N4O3.C2H4O2/c7-4(5(11)12)2-1-3-9-6(8)10-13;1-2(3)4/h4,13H,1-3,7H2,(H,11,12)(H3,8,9,10);1H3,(H,3,4)/t4-;/m0./s1. The zero-order valence-electron chi connectivity index (χ0n) is 9.46. The van der Waals surface area contributed by atoms with Crippen LogP contribution in [0.15, 0.2) is 4.99 Å². The first-order valence-electron chi connectivity index (χ1n) is 4.69. The molecule has 0 aliphatic carbocycles. The van der Waals surface area contributed by atoms with Gasteiger partial charge in [-0.1, -0.05) is 0 Å². The SMILES string of the molecule is CC(=O)O.NC(=NCCC[C@H](N)C(=O)O)NO. The quantitative estimate of drug-likeness (QED) is 0.149. The lowest BCUT2D eigenvalue weighted by Gasteiger charge is -2.03. The largest absolute Gasteiger partial charge is 0.481 e. The van der Waals surface area contributed by atoms with Crippen molar-refractivity contribution in [3.63, 3.8) is 0 Å². The number of guanidine groups is 1. The molecule has 0 aromatic rings. The van der Waals surface area contributed by atoms with Crippen LogP contribution in [0.2, 0.25) is 0 Å². The fourth-order valence-electron chi connectivity index (χ4n) is 0.670. The monoisotopic (exact) mass is 250 g/mol. The third-order valence-corrected chi connectivity index (χ3v) is 1.39. The van der Waals surface area contributed by atoms with Crippen molar-refractivity contribution >= 4 is 17.9 Å². The molecule has 8 N–H and O–H groups in total. The fraction of sp³-hybridized carbons (Fsp3) is 0.625. The molecule has 9 heteroatoms. The molecule has 9 nitrogen and oxygen atoms in total. The van der Waals surface area contributed by atoms with Gasteiger partial charge in [-0.05, 0) is 12.8 Å². The van der Waals surface area contributed by atoms with Gasteiger partial charge in [-0.3, -0.25) is 19.8 Å². The maximum absolute atomic E-state index is 10.2. The summed E-state index contributed by atoms with van der Waals surface area (Å²) in [6, 6.07) is -0.862. The molecule has 0 fully saturated rings. The molecule has 0 aliphatic heterocycles. The van der Waals surface area contributed by atoms with E-state index in [1.807, 2.05) is 0 Å². The maximum atomic E-state index is 10.2. The first-order valence-corrected chi connectivity index (χ1v) is 4.69. The van der Waals surface area contributed by atoms with Gasteiger partial charge in [0.05, 0.1) is 0 Å². The second kappa shape index (κ2) is 10.6. The van der Waals surface area contributed by atoms with E-state index in [-0.39, 0.29) is 5.96 Å². The zero-order valence-corrected chi connectivity index (χ0v) is 9.46. The number of hydrogen-bond donors (Lipinski definition) is 6. The number of aliphatic carboxylic acids is 2. The number of hydrogen-bond acceptors (Lipinski definition) is 5. The minimum Gasteiger partial charge on any atom is -0.481 e. The van der Waals surface area contributed by atoms with E-state index in [2.05, 4.69) is 4.99 Å². The molecule has 0 rings (SSSR count). The molecule has 0 amide bonds. The van der Waals surface area contributed by atoms with E-state index in [1.54, 1.807) is 5.48 Å². The molecule has 0 radical (unpaired) electrons. The number of nitrogens with two attached hydrogens (primary N) is 2. The molecular formula is C8H18N4O5. The average Bonchev–Trinajstić information content (AvgIpc) is 2.22. The molecule has 0 unspecified atom stereocenters. The lowest BCUT2D eigenvalue weighted by Crippen LogP contribution is -2.30. The van der Waals surface area contributed by atoms with Crippen molar-refractivity contribution in [3.8, 4) is 0 Å².